The number of rotatable bonds is 4. The number of amides is 1. The second-order valence-electron chi connectivity index (χ2n) is 4.21. The van der Waals surface area contributed by atoms with E-state index in [1.165, 1.54) is 0 Å². The summed E-state index contributed by atoms with van der Waals surface area (Å²) in [6.07, 6.45) is 3.93. The van der Waals surface area contributed by atoms with E-state index in [4.69, 9.17) is 4.42 Å². The number of hydrogen-bond donors (Lipinski definition) is 1. The molecule has 0 aliphatic carbocycles. The van der Waals surface area contributed by atoms with Crippen LogP contribution < -0.4 is 5.32 Å². The van der Waals surface area contributed by atoms with Crippen LogP contribution in [0.25, 0.3) is 0 Å². The van der Waals surface area contributed by atoms with Crippen molar-refractivity contribution in [2.24, 2.45) is 0 Å². The van der Waals surface area contributed by atoms with Crippen LogP contribution in [-0.2, 0) is 4.79 Å². The van der Waals surface area contributed by atoms with Crippen molar-refractivity contribution >= 4 is 5.91 Å². The van der Waals surface area contributed by atoms with Crippen molar-refractivity contribution in [3.63, 3.8) is 0 Å². The van der Waals surface area contributed by atoms with Crippen molar-refractivity contribution in [1.29, 1.82) is 0 Å². The molecular weight excluding hydrogens is 204 g/mol. The minimum Gasteiger partial charge on any atom is -0.468 e. The Balaban J connectivity index is 1.76. The van der Waals surface area contributed by atoms with Crippen LogP contribution in [-0.4, -0.2) is 30.4 Å². The van der Waals surface area contributed by atoms with Crippen LogP contribution in [0.3, 0.4) is 0 Å². The maximum absolute atomic E-state index is 11.8. The van der Waals surface area contributed by atoms with Gasteiger partial charge >= 0.3 is 0 Å². The zero-order chi connectivity index (χ0) is 11.4. The number of furan rings is 1. The molecule has 1 unspecified atom stereocenters. The molecule has 1 amide bonds. The molecule has 0 bridgehead atoms. The summed E-state index contributed by atoms with van der Waals surface area (Å²) in [7, 11) is 0. The molecule has 16 heavy (non-hydrogen) atoms. The van der Waals surface area contributed by atoms with E-state index in [1.807, 2.05) is 24.0 Å². The van der Waals surface area contributed by atoms with Gasteiger partial charge in [0, 0.05) is 13.1 Å². The molecule has 88 valence electrons. The first kappa shape index (κ1) is 11.2. The second kappa shape index (κ2) is 5.16. The average molecular weight is 222 g/mol. The highest BCUT2D eigenvalue weighted by Gasteiger charge is 2.18. The van der Waals surface area contributed by atoms with E-state index < -0.39 is 0 Å². The normalized spacial score (nSPS) is 17.7. The third-order valence-electron chi connectivity index (χ3n) is 2.99. The predicted octanol–water partition coefficient (Wildman–Crippen LogP) is 1.55. The zero-order valence-electron chi connectivity index (χ0n) is 9.61. The minimum atomic E-state index is 0.0848. The maximum Gasteiger partial charge on any atom is 0.236 e. The van der Waals surface area contributed by atoms with Crippen molar-refractivity contribution < 1.29 is 9.21 Å². The number of hydrogen-bond acceptors (Lipinski definition) is 3. The van der Waals surface area contributed by atoms with E-state index in [-0.39, 0.29) is 11.9 Å². The number of nitrogens with zero attached hydrogens (tertiary/aromatic N) is 1. The van der Waals surface area contributed by atoms with Gasteiger partial charge in [0.2, 0.25) is 5.91 Å². The van der Waals surface area contributed by atoms with Crippen LogP contribution in [0.4, 0.5) is 0 Å². The molecular formula is C12H18N2O2. The van der Waals surface area contributed by atoms with Gasteiger partial charge in [-0.3, -0.25) is 10.1 Å². The van der Waals surface area contributed by atoms with Crippen LogP contribution in [0.2, 0.25) is 0 Å². The largest absolute Gasteiger partial charge is 0.468 e. The number of carbonyl (C=O) groups is 1. The van der Waals surface area contributed by atoms with Gasteiger partial charge in [-0.25, -0.2) is 0 Å². The smallest absolute Gasteiger partial charge is 0.236 e. The molecule has 1 saturated heterocycles. The van der Waals surface area contributed by atoms with Crippen LogP contribution >= 0.6 is 0 Å². The van der Waals surface area contributed by atoms with Crippen LogP contribution in [0.1, 0.15) is 31.6 Å². The fourth-order valence-electron chi connectivity index (χ4n) is 1.96. The average Bonchev–Trinajstić information content (AvgIpc) is 2.95. The van der Waals surface area contributed by atoms with Crippen LogP contribution in [0.15, 0.2) is 22.8 Å². The first-order chi connectivity index (χ1) is 7.77. The molecule has 2 heterocycles. The van der Waals surface area contributed by atoms with E-state index in [1.54, 1.807) is 6.26 Å². The van der Waals surface area contributed by atoms with Crippen molar-refractivity contribution in [1.82, 2.24) is 10.2 Å². The Labute approximate surface area is 95.6 Å². The summed E-state index contributed by atoms with van der Waals surface area (Å²) >= 11 is 0. The lowest BCUT2D eigenvalue weighted by Gasteiger charge is -2.17. The Morgan fingerprint density at radius 3 is 2.94 bits per heavy atom. The zero-order valence-corrected chi connectivity index (χ0v) is 9.61. The van der Waals surface area contributed by atoms with Gasteiger partial charge in [-0.15, -0.1) is 0 Å². The van der Waals surface area contributed by atoms with Gasteiger partial charge in [0.05, 0.1) is 18.8 Å². The third-order valence-corrected chi connectivity index (χ3v) is 2.99. The lowest BCUT2D eigenvalue weighted by molar-refractivity contribution is -0.129. The highest BCUT2D eigenvalue weighted by atomic mass is 16.3. The highest BCUT2D eigenvalue weighted by Crippen LogP contribution is 2.12. The topological polar surface area (TPSA) is 45.5 Å². The molecule has 4 nitrogen and oxygen atoms in total. The molecule has 1 aromatic rings. The molecule has 2 rings (SSSR count). The summed E-state index contributed by atoms with van der Waals surface area (Å²) in [5, 5.41) is 3.18. The van der Waals surface area contributed by atoms with Crippen molar-refractivity contribution in [3.05, 3.63) is 24.2 Å². The summed E-state index contributed by atoms with van der Waals surface area (Å²) in [5.74, 6) is 1.06. The molecule has 0 aromatic carbocycles. The standard InChI is InChI=1S/C12H18N2O2/c1-10(11-5-4-8-16-11)13-9-12(15)14-6-2-3-7-14/h4-5,8,10,13H,2-3,6-7,9H2,1H3. The van der Waals surface area contributed by atoms with Crippen molar-refractivity contribution in [2.75, 3.05) is 19.6 Å². The first-order valence-electron chi connectivity index (χ1n) is 5.82. The Bertz CT molecular complexity index is 329. The Morgan fingerprint density at radius 2 is 2.31 bits per heavy atom. The Hall–Kier alpha value is -1.29. The number of carbonyl (C=O) groups excluding carboxylic acids is 1. The summed E-state index contributed by atoms with van der Waals surface area (Å²) in [6, 6.07) is 3.86. The molecule has 1 aliphatic rings. The summed E-state index contributed by atoms with van der Waals surface area (Å²) in [6.45, 7) is 4.21. The molecule has 4 heteroatoms. The Morgan fingerprint density at radius 1 is 1.56 bits per heavy atom. The quantitative estimate of drug-likeness (QED) is 0.840. The van der Waals surface area contributed by atoms with Crippen LogP contribution in [0.5, 0.6) is 0 Å². The lowest BCUT2D eigenvalue weighted by atomic mass is 10.2. The lowest BCUT2D eigenvalue weighted by Crippen LogP contribution is -2.37. The number of nitrogens with one attached hydrogen (secondary N) is 1. The molecule has 0 saturated carbocycles. The van der Waals surface area contributed by atoms with E-state index >= 15 is 0 Å². The third kappa shape index (κ3) is 2.64. The molecule has 1 aliphatic heterocycles. The fraction of sp³-hybridized carbons (Fsp3) is 0.583. The van der Waals surface area contributed by atoms with Crippen LogP contribution in [0, 0.1) is 0 Å². The SMILES string of the molecule is CC(NCC(=O)N1CCCC1)c1ccco1. The van der Waals surface area contributed by atoms with E-state index in [0.29, 0.717) is 6.54 Å². The van der Waals surface area contributed by atoms with Gasteiger partial charge in [0.15, 0.2) is 0 Å². The van der Waals surface area contributed by atoms with Gasteiger partial charge in [-0.1, -0.05) is 0 Å². The van der Waals surface area contributed by atoms with Gasteiger partial charge in [-0.2, -0.15) is 0 Å². The number of likely N-dealkylation sites (tertiary alicyclic amines) is 1. The maximum atomic E-state index is 11.8. The predicted molar refractivity (Wildman–Crippen MR) is 60.9 cm³/mol. The Kier molecular flexibility index (Phi) is 3.62. The van der Waals surface area contributed by atoms with Crippen molar-refractivity contribution in [3.8, 4) is 0 Å². The van der Waals surface area contributed by atoms with Gasteiger partial charge < -0.3 is 9.32 Å². The van der Waals surface area contributed by atoms with Crippen molar-refractivity contribution in [2.45, 2.75) is 25.8 Å². The molecule has 1 fully saturated rings. The minimum absolute atomic E-state index is 0.0848. The van der Waals surface area contributed by atoms with E-state index in [0.717, 1.165) is 31.7 Å². The summed E-state index contributed by atoms with van der Waals surface area (Å²) in [5.41, 5.74) is 0. The molecule has 1 aromatic heterocycles. The molecule has 0 radical (unpaired) electrons. The fourth-order valence-corrected chi connectivity index (χ4v) is 1.96. The molecule has 0 spiro atoms. The summed E-state index contributed by atoms with van der Waals surface area (Å²) < 4.78 is 5.27. The van der Waals surface area contributed by atoms with E-state index in [2.05, 4.69) is 5.32 Å². The molecule has 1 N–H and O–H groups in total. The monoisotopic (exact) mass is 222 g/mol. The van der Waals surface area contributed by atoms with Gasteiger partial charge in [0.1, 0.15) is 5.76 Å². The second-order valence-corrected chi connectivity index (χ2v) is 4.21. The highest BCUT2D eigenvalue weighted by molar-refractivity contribution is 5.78. The summed E-state index contributed by atoms with van der Waals surface area (Å²) in [4.78, 5) is 13.7. The van der Waals surface area contributed by atoms with Gasteiger partial charge in [0.25, 0.3) is 0 Å². The first-order valence-corrected chi connectivity index (χ1v) is 5.82. The van der Waals surface area contributed by atoms with Gasteiger partial charge in [-0.05, 0) is 31.9 Å². The van der Waals surface area contributed by atoms with E-state index in [9.17, 15) is 4.79 Å². The molecule has 1 atom stereocenters.